The van der Waals surface area contributed by atoms with Crippen LogP contribution in [0.3, 0.4) is 0 Å². The first-order valence-electron chi connectivity index (χ1n) is 6.90. The van der Waals surface area contributed by atoms with Crippen molar-refractivity contribution < 1.29 is 0 Å². The number of nitrogens with one attached hydrogen (secondary N) is 1. The minimum absolute atomic E-state index is 0.923. The highest BCUT2D eigenvalue weighted by Crippen LogP contribution is 2.21. The second-order valence-corrected chi connectivity index (χ2v) is 5.33. The van der Waals surface area contributed by atoms with Gasteiger partial charge in [-0.05, 0) is 61.1 Å². The molecule has 100 valence electrons. The van der Waals surface area contributed by atoms with Crippen molar-refractivity contribution in [3.8, 4) is 0 Å². The van der Waals surface area contributed by atoms with E-state index in [0.29, 0.717) is 0 Å². The predicted octanol–water partition coefficient (Wildman–Crippen LogP) is 4.21. The third-order valence-corrected chi connectivity index (χ3v) is 4.00. The van der Waals surface area contributed by atoms with Crippen LogP contribution in [0.1, 0.15) is 33.4 Å². The van der Waals surface area contributed by atoms with Crippen molar-refractivity contribution in [2.45, 2.75) is 40.8 Å². The molecule has 0 aliphatic carbocycles. The van der Waals surface area contributed by atoms with E-state index < -0.39 is 0 Å². The lowest BCUT2D eigenvalue weighted by Crippen LogP contribution is -2.15. The first-order chi connectivity index (χ1) is 9.09. The summed E-state index contributed by atoms with van der Waals surface area (Å²) in [5.74, 6) is 0. The van der Waals surface area contributed by atoms with E-state index in [2.05, 4.69) is 69.4 Å². The molecule has 0 radical (unpaired) electrons. The zero-order valence-electron chi connectivity index (χ0n) is 12.4. The van der Waals surface area contributed by atoms with E-state index in [4.69, 9.17) is 0 Å². The number of benzene rings is 2. The molecule has 1 heteroatoms. The zero-order valence-corrected chi connectivity index (χ0v) is 12.4. The molecule has 0 saturated heterocycles. The van der Waals surface area contributed by atoms with Crippen LogP contribution < -0.4 is 5.32 Å². The summed E-state index contributed by atoms with van der Waals surface area (Å²) in [7, 11) is 0. The topological polar surface area (TPSA) is 12.0 Å². The summed E-state index contributed by atoms with van der Waals surface area (Å²) in [4.78, 5) is 0. The molecule has 0 saturated carbocycles. The van der Waals surface area contributed by atoms with Crippen LogP contribution in [-0.2, 0) is 13.1 Å². The predicted molar refractivity (Wildman–Crippen MR) is 82.4 cm³/mol. The number of aryl methyl sites for hydroxylation is 2. The maximum absolute atomic E-state index is 3.55. The highest BCUT2D eigenvalue weighted by molar-refractivity contribution is 5.43. The Hall–Kier alpha value is -1.60. The monoisotopic (exact) mass is 253 g/mol. The summed E-state index contributed by atoms with van der Waals surface area (Å²) in [5.41, 5.74) is 8.40. The maximum Gasteiger partial charge on any atom is 0.0214 e. The van der Waals surface area contributed by atoms with E-state index in [1.807, 2.05) is 0 Å². The van der Waals surface area contributed by atoms with Crippen LogP contribution >= 0.6 is 0 Å². The van der Waals surface area contributed by atoms with Crippen molar-refractivity contribution in [1.29, 1.82) is 0 Å². The van der Waals surface area contributed by atoms with Gasteiger partial charge in [-0.15, -0.1) is 0 Å². The molecule has 0 unspecified atom stereocenters. The molecule has 2 aromatic rings. The second-order valence-electron chi connectivity index (χ2n) is 5.33. The number of rotatable bonds is 4. The Morgan fingerprint density at radius 1 is 0.789 bits per heavy atom. The lowest BCUT2D eigenvalue weighted by Gasteiger charge is -2.16. The smallest absolute Gasteiger partial charge is 0.0214 e. The van der Waals surface area contributed by atoms with Crippen LogP contribution in [-0.4, -0.2) is 0 Å². The van der Waals surface area contributed by atoms with Crippen LogP contribution in [0.4, 0.5) is 0 Å². The van der Waals surface area contributed by atoms with Gasteiger partial charge in [0.15, 0.2) is 0 Å². The Morgan fingerprint density at radius 3 is 1.95 bits per heavy atom. The average molecular weight is 253 g/mol. The molecule has 0 aromatic heterocycles. The van der Waals surface area contributed by atoms with Gasteiger partial charge in [0.25, 0.3) is 0 Å². The third-order valence-electron chi connectivity index (χ3n) is 4.00. The summed E-state index contributed by atoms with van der Waals surface area (Å²) < 4.78 is 0. The molecule has 0 spiro atoms. The Bertz CT molecular complexity index is 529. The Labute approximate surface area is 116 Å². The highest BCUT2D eigenvalue weighted by Gasteiger charge is 2.07. The first kappa shape index (κ1) is 13.8. The molecule has 0 atom stereocenters. The Morgan fingerprint density at radius 2 is 1.37 bits per heavy atom. The van der Waals surface area contributed by atoms with Crippen molar-refractivity contribution in [1.82, 2.24) is 5.32 Å². The molecule has 1 N–H and O–H groups in total. The Kier molecular flexibility index (Phi) is 4.39. The van der Waals surface area contributed by atoms with Gasteiger partial charge in [-0.2, -0.15) is 0 Å². The highest BCUT2D eigenvalue weighted by atomic mass is 14.8. The first-order valence-corrected chi connectivity index (χ1v) is 6.90. The van der Waals surface area contributed by atoms with Gasteiger partial charge in [0.05, 0.1) is 0 Å². The van der Waals surface area contributed by atoms with E-state index in [1.54, 1.807) is 0 Å². The van der Waals surface area contributed by atoms with Gasteiger partial charge in [-0.1, -0.05) is 36.4 Å². The lowest BCUT2D eigenvalue weighted by atomic mass is 9.94. The summed E-state index contributed by atoms with van der Waals surface area (Å²) in [6.45, 7) is 10.7. The van der Waals surface area contributed by atoms with Gasteiger partial charge in [0, 0.05) is 13.1 Å². The van der Waals surface area contributed by atoms with E-state index in [9.17, 15) is 0 Å². The van der Waals surface area contributed by atoms with Gasteiger partial charge in [0.2, 0.25) is 0 Å². The van der Waals surface area contributed by atoms with Crippen molar-refractivity contribution in [3.63, 3.8) is 0 Å². The van der Waals surface area contributed by atoms with Crippen LogP contribution in [0, 0.1) is 27.7 Å². The summed E-state index contributed by atoms with van der Waals surface area (Å²) >= 11 is 0. The molecule has 2 aromatic carbocycles. The van der Waals surface area contributed by atoms with E-state index in [-0.39, 0.29) is 0 Å². The van der Waals surface area contributed by atoms with Crippen LogP contribution in [0.5, 0.6) is 0 Å². The van der Waals surface area contributed by atoms with Crippen LogP contribution in [0.2, 0.25) is 0 Å². The Balaban J connectivity index is 2.08. The van der Waals surface area contributed by atoms with E-state index in [0.717, 1.165) is 13.1 Å². The molecule has 0 aliphatic rings. The SMILES string of the molecule is Cc1cc(C)c(C)c(CNCc2ccccc2)c1C. The van der Waals surface area contributed by atoms with E-state index >= 15 is 0 Å². The van der Waals surface area contributed by atoms with Crippen molar-refractivity contribution in [2.24, 2.45) is 0 Å². The lowest BCUT2D eigenvalue weighted by molar-refractivity contribution is 0.686. The molecule has 0 heterocycles. The maximum atomic E-state index is 3.55. The quantitative estimate of drug-likeness (QED) is 0.860. The van der Waals surface area contributed by atoms with Gasteiger partial charge in [0.1, 0.15) is 0 Å². The largest absolute Gasteiger partial charge is 0.309 e. The molecular formula is C18H23N. The molecule has 0 bridgehead atoms. The average Bonchev–Trinajstić information content (AvgIpc) is 2.42. The molecule has 0 fully saturated rings. The molecular weight excluding hydrogens is 230 g/mol. The van der Waals surface area contributed by atoms with Gasteiger partial charge in [-0.25, -0.2) is 0 Å². The van der Waals surface area contributed by atoms with Crippen molar-refractivity contribution in [2.75, 3.05) is 0 Å². The minimum Gasteiger partial charge on any atom is -0.309 e. The number of hydrogen-bond acceptors (Lipinski definition) is 1. The molecule has 1 nitrogen and oxygen atoms in total. The summed E-state index contributed by atoms with van der Waals surface area (Å²) in [6.07, 6.45) is 0. The van der Waals surface area contributed by atoms with Gasteiger partial charge >= 0.3 is 0 Å². The summed E-state index contributed by atoms with van der Waals surface area (Å²) in [6, 6.07) is 12.8. The van der Waals surface area contributed by atoms with Gasteiger partial charge < -0.3 is 5.32 Å². The molecule has 19 heavy (non-hydrogen) atoms. The van der Waals surface area contributed by atoms with Crippen LogP contribution in [0.15, 0.2) is 36.4 Å². The standard InChI is InChI=1S/C18H23N/c1-13-10-14(2)16(4)18(15(13)3)12-19-11-17-8-6-5-7-9-17/h5-10,19H,11-12H2,1-4H3. The minimum atomic E-state index is 0.923. The third kappa shape index (κ3) is 3.24. The van der Waals surface area contributed by atoms with Gasteiger partial charge in [-0.3, -0.25) is 0 Å². The molecule has 2 rings (SSSR count). The van der Waals surface area contributed by atoms with Crippen molar-refractivity contribution >= 4 is 0 Å². The number of hydrogen-bond donors (Lipinski definition) is 1. The fourth-order valence-corrected chi connectivity index (χ4v) is 2.49. The zero-order chi connectivity index (χ0) is 13.8. The molecule has 0 aliphatic heterocycles. The summed E-state index contributed by atoms with van der Waals surface area (Å²) in [5, 5.41) is 3.55. The fourth-order valence-electron chi connectivity index (χ4n) is 2.49. The second kappa shape index (κ2) is 6.03. The van der Waals surface area contributed by atoms with Crippen LogP contribution in [0.25, 0.3) is 0 Å². The normalized spacial score (nSPS) is 10.7. The molecule has 0 amide bonds. The van der Waals surface area contributed by atoms with Crippen molar-refractivity contribution in [3.05, 3.63) is 69.8 Å². The fraction of sp³-hybridized carbons (Fsp3) is 0.333. The van der Waals surface area contributed by atoms with E-state index in [1.165, 1.54) is 33.4 Å².